The van der Waals surface area contributed by atoms with Crippen LogP contribution in [0, 0.1) is 5.92 Å². The van der Waals surface area contributed by atoms with Gasteiger partial charge in [0.25, 0.3) is 0 Å². The summed E-state index contributed by atoms with van der Waals surface area (Å²) in [7, 11) is 1.69. The van der Waals surface area contributed by atoms with Crippen molar-refractivity contribution in [3.8, 4) is 0 Å². The molecule has 0 aromatic carbocycles. The first-order chi connectivity index (χ1) is 5.72. The molecule has 1 heterocycles. The van der Waals surface area contributed by atoms with Crippen molar-refractivity contribution < 1.29 is 9.94 Å². The van der Waals surface area contributed by atoms with E-state index in [1.807, 2.05) is 5.06 Å². The molecule has 3 N–H and O–H groups in total. The first-order valence-corrected chi connectivity index (χ1v) is 4.45. The van der Waals surface area contributed by atoms with Crippen molar-refractivity contribution in [3.63, 3.8) is 0 Å². The number of piperidine rings is 1. The molecule has 1 rings (SSSR count). The predicted molar refractivity (Wildman–Crippen MR) is 46.1 cm³/mol. The van der Waals surface area contributed by atoms with Crippen LogP contribution in [-0.4, -0.2) is 36.6 Å². The highest BCUT2D eigenvalue weighted by Crippen LogP contribution is 2.20. The highest BCUT2D eigenvalue weighted by atomic mass is 16.7. The number of rotatable bonds is 3. The van der Waals surface area contributed by atoms with Crippen LogP contribution >= 0.6 is 0 Å². The summed E-state index contributed by atoms with van der Waals surface area (Å²) in [6, 6.07) is 0. The van der Waals surface area contributed by atoms with E-state index in [0.29, 0.717) is 5.92 Å². The second kappa shape index (κ2) is 4.77. The van der Waals surface area contributed by atoms with Crippen LogP contribution in [0.2, 0.25) is 0 Å². The lowest BCUT2D eigenvalue weighted by atomic mass is 9.94. The lowest BCUT2D eigenvalue weighted by Crippen LogP contribution is -2.35. The zero-order valence-corrected chi connectivity index (χ0v) is 7.57. The second-order valence-electron chi connectivity index (χ2n) is 3.36. The SMILES string of the molecule is CON1CCC(CC(N)O)CC1. The summed E-state index contributed by atoms with van der Waals surface area (Å²) < 4.78 is 0. The number of hydrogen-bond donors (Lipinski definition) is 2. The molecule has 1 fully saturated rings. The van der Waals surface area contributed by atoms with Crippen molar-refractivity contribution >= 4 is 0 Å². The second-order valence-corrected chi connectivity index (χ2v) is 3.36. The van der Waals surface area contributed by atoms with Crippen molar-refractivity contribution in [1.82, 2.24) is 5.06 Å². The molecule has 1 atom stereocenters. The highest BCUT2D eigenvalue weighted by Gasteiger charge is 2.19. The van der Waals surface area contributed by atoms with Gasteiger partial charge in [-0.1, -0.05) is 0 Å². The summed E-state index contributed by atoms with van der Waals surface area (Å²) >= 11 is 0. The normalized spacial score (nSPS) is 24.2. The van der Waals surface area contributed by atoms with Gasteiger partial charge in [-0.05, 0) is 25.2 Å². The van der Waals surface area contributed by atoms with Crippen molar-refractivity contribution in [2.75, 3.05) is 20.2 Å². The average molecular weight is 174 g/mol. The molecule has 0 saturated carbocycles. The van der Waals surface area contributed by atoms with Gasteiger partial charge < -0.3 is 15.7 Å². The fraction of sp³-hybridized carbons (Fsp3) is 1.00. The molecule has 0 radical (unpaired) electrons. The minimum atomic E-state index is -0.649. The first-order valence-electron chi connectivity index (χ1n) is 4.45. The molecule has 1 aliphatic rings. The largest absolute Gasteiger partial charge is 0.379 e. The van der Waals surface area contributed by atoms with Gasteiger partial charge in [0.05, 0.1) is 7.11 Å². The summed E-state index contributed by atoms with van der Waals surface area (Å²) in [5, 5.41) is 10.9. The molecule has 0 amide bonds. The lowest BCUT2D eigenvalue weighted by Gasteiger charge is -2.30. The van der Waals surface area contributed by atoms with E-state index >= 15 is 0 Å². The van der Waals surface area contributed by atoms with E-state index < -0.39 is 6.23 Å². The van der Waals surface area contributed by atoms with E-state index in [1.165, 1.54) is 0 Å². The summed E-state index contributed by atoms with van der Waals surface area (Å²) in [6.07, 6.45) is 2.21. The van der Waals surface area contributed by atoms with Crippen molar-refractivity contribution in [1.29, 1.82) is 0 Å². The third kappa shape index (κ3) is 3.06. The molecule has 0 aromatic rings. The minimum Gasteiger partial charge on any atom is -0.379 e. The highest BCUT2D eigenvalue weighted by molar-refractivity contribution is 4.69. The van der Waals surface area contributed by atoms with Crippen LogP contribution in [0.15, 0.2) is 0 Å². The quantitative estimate of drug-likeness (QED) is 0.588. The predicted octanol–water partition coefficient (Wildman–Crippen LogP) is -0.0730. The summed E-state index contributed by atoms with van der Waals surface area (Å²) in [6.45, 7) is 1.90. The van der Waals surface area contributed by atoms with E-state index in [1.54, 1.807) is 7.11 Å². The molecule has 12 heavy (non-hydrogen) atoms. The Kier molecular flexibility index (Phi) is 3.94. The van der Waals surface area contributed by atoms with Gasteiger partial charge in [0.15, 0.2) is 0 Å². The smallest absolute Gasteiger partial charge is 0.102 e. The van der Waals surface area contributed by atoms with Crippen LogP contribution in [0.5, 0.6) is 0 Å². The number of hydrogen-bond acceptors (Lipinski definition) is 4. The molecule has 1 aliphatic heterocycles. The zero-order chi connectivity index (χ0) is 8.97. The van der Waals surface area contributed by atoms with Crippen LogP contribution < -0.4 is 5.73 Å². The monoisotopic (exact) mass is 174 g/mol. The average Bonchev–Trinajstić information content (AvgIpc) is 2.05. The number of nitrogens with two attached hydrogens (primary N) is 1. The molecule has 4 heteroatoms. The van der Waals surface area contributed by atoms with Gasteiger partial charge in [0.2, 0.25) is 0 Å². The fourth-order valence-electron chi connectivity index (χ4n) is 1.67. The van der Waals surface area contributed by atoms with Gasteiger partial charge in [-0.3, -0.25) is 0 Å². The van der Waals surface area contributed by atoms with Crippen LogP contribution in [0.25, 0.3) is 0 Å². The molecular formula is C8H18N2O2. The fourth-order valence-corrected chi connectivity index (χ4v) is 1.67. The summed E-state index contributed by atoms with van der Waals surface area (Å²) in [5.41, 5.74) is 5.30. The van der Waals surface area contributed by atoms with Crippen LogP contribution in [0.4, 0.5) is 0 Å². The Morgan fingerprint density at radius 3 is 2.58 bits per heavy atom. The molecule has 0 bridgehead atoms. The van der Waals surface area contributed by atoms with Gasteiger partial charge in [-0.2, -0.15) is 5.06 Å². The maximum atomic E-state index is 8.96. The Hall–Kier alpha value is -0.160. The van der Waals surface area contributed by atoms with Gasteiger partial charge in [0.1, 0.15) is 6.23 Å². The van der Waals surface area contributed by atoms with Gasteiger partial charge in [0, 0.05) is 13.1 Å². The third-order valence-corrected chi connectivity index (χ3v) is 2.41. The molecule has 72 valence electrons. The number of nitrogens with zero attached hydrogens (tertiary/aromatic N) is 1. The Morgan fingerprint density at radius 2 is 2.17 bits per heavy atom. The van der Waals surface area contributed by atoms with E-state index in [2.05, 4.69) is 0 Å². The van der Waals surface area contributed by atoms with E-state index in [4.69, 9.17) is 15.7 Å². The molecule has 1 unspecified atom stereocenters. The number of aliphatic hydroxyl groups excluding tert-OH is 1. The third-order valence-electron chi connectivity index (χ3n) is 2.41. The standard InChI is InChI=1S/C8H18N2O2/c1-12-10-4-2-7(3-5-10)6-8(9)11/h7-8,11H,2-6,9H2,1H3. The van der Waals surface area contributed by atoms with E-state index in [9.17, 15) is 0 Å². The molecule has 4 nitrogen and oxygen atoms in total. The Morgan fingerprint density at radius 1 is 1.58 bits per heavy atom. The van der Waals surface area contributed by atoms with Crippen LogP contribution in [0.1, 0.15) is 19.3 Å². The van der Waals surface area contributed by atoms with E-state index in [0.717, 1.165) is 32.4 Å². The topological polar surface area (TPSA) is 58.7 Å². The molecular weight excluding hydrogens is 156 g/mol. The maximum absolute atomic E-state index is 8.96. The number of hydroxylamine groups is 2. The van der Waals surface area contributed by atoms with Gasteiger partial charge in [-0.25, -0.2) is 0 Å². The van der Waals surface area contributed by atoms with Crippen LogP contribution in [0.3, 0.4) is 0 Å². The van der Waals surface area contributed by atoms with Crippen LogP contribution in [-0.2, 0) is 4.84 Å². The lowest BCUT2D eigenvalue weighted by molar-refractivity contribution is -0.149. The minimum absolute atomic E-state index is 0.566. The van der Waals surface area contributed by atoms with Crippen molar-refractivity contribution in [3.05, 3.63) is 0 Å². The first kappa shape index (κ1) is 9.92. The van der Waals surface area contributed by atoms with Gasteiger partial charge >= 0.3 is 0 Å². The Labute approximate surface area is 73.2 Å². The number of aliphatic hydroxyl groups is 1. The molecule has 1 saturated heterocycles. The zero-order valence-electron chi connectivity index (χ0n) is 7.57. The molecule has 0 aliphatic carbocycles. The van der Waals surface area contributed by atoms with Crippen molar-refractivity contribution in [2.45, 2.75) is 25.5 Å². The van der Waals surface area contributed by atoms with Gasteiger partial charge in [-0.15, -0.1) is 0 Å². The van der Waals surface area contributed by atoms with Crippen molar-refractivity contribution in [2.24, 2.45) is 11.7 Å². The summed E-state index contributed by atoms with van der Waals surface area (Å²) in [5.74, 6) is 0.566. The molecule has 0 aromatic heterocycles. The Balaban J connectivity index is 2.17. The summed E-state index contributed by atoms with van der Waals surface area (Å²) in [4.78, 5) is 5.08. The maximum Gasteiger partial charge on any atom is 0.102 e. The Bertz CT molecular complexity index is 122. The van der Waals surface area contributed by atoms with E-state index in [-0.39, 0.29) is 0 Å². The molecule has 0 spiro atoms.